The van der Waals surface area contributed by atoms with Gasteiger partial charge < -0.3 is 19.5 Å². The van der Waals surface area contributed by atoms with Crippen LogP contribution in [0.2, 0.25) is 0 Å². The van der Waals surface area contributed by atoms with Crippen LogP contribution in [0.5, 0.6) is 17.6 Å². The van der Waals surface area contributed by atoms with Gasteiger partial charge in [0.15, 0.2) is 10.9 Å². The number of sulfonamides is 1. The predicted molar refractivity (Wildman–Crippen MR) is 138 cm³/mol. The van der Waals surface area contributed by atoms with Crippen molar-refractivity contribution in [2.45, 2.75) is 18.2 Å². The number of rotatable bonds is 10. The maximum atomic E-state index is 12.8. The van der Waals surface area contributed by atoms with Gasteiger partial charge >= 0.3 is 6.01 Å². The molecule has 0 aliphatic carbocycles. The molecule has 0 fully saturated rings. The van der Waals surface area contributed by atoms with Crippen molar-refractivity contribution in [1.82, 2.24) is 15.3 Å². The highest BCUT2D eigenvalue weighted by Crippen LogP contribution is 2.22. The molecular formula is C23H25N5O6S2. The van der Waals surface area contributed by atoms with Crippen LogP contribution in [0.1, 0.15) is 23.7 Å². The lowest BCUT2D eigenvalue weighted by Crippen LogP contribution is -2.34. The lowest BCUT2D eigenvalue weighted by atomic mass is 10.2. The van der Waals surface area contributed by atoms with Gasteiger partial charge in [-0.3, -0.25) is 14.8 Å². The standard InChI is InChI=1S/C23H25N5O6S2/c1-4-13-34-18-8-6-5-7-17(18)21(29)27-23(35)24-15-9-11-16(12-10-15)36(30,31)28-19-14-20(32-2)26-22(25-19)33-3/h5-12,14H,4,13H2,1-3H3,(H,25,26,28)(H2,24,27,29,35). The van der Waals surface area contributed by atoms with Crippen molar-refractivity contribution in [3.8, 4) is 17.6 Å². The van der Waals surface area contributed by atoms with Crippen LogP contribution < -0.4 is 29.6 Å². The second-order valence-corrected chi connectivity index (χ2v) is 9.26. The van der Waals surface area contributed by atoms with Gasteiger partial charge in [0.1, 0.15) is 5.75 Å². The fourth-order valence-corrected chi connectivity index (χ4v) is 4.09. The number of carbonyl (C=O) groups is 1. The van der Waals surface area contributed by atoms with E-state index in [-0.39, 0.29) is 27.7 Å². The minimum absolute atomic E-state index is 0.0204. The summed E-state index contributed by atoms with van der Waals surface area (Å²) in [6.07, 6.45) is 0.804. The number of hydrogen-bond donors (Lipinski definition) is 3. The van der Waals surface area contributed by atoms with Crippen molar-refractivity contribution in [1.29, 1.82) is 0 Å². The Kier molecular flexibility index (Phi) is 8.97. The third kappa shape index (κ3) is 7.02. The molecule has 0 atom stereocenters. The number of amides is 1. The predicted octanol–water partition coefficient (Wildman–Crippen LogP) is 3.21. The first-order valence-electron chi connectivity index (χ1n) is 10.7. The zero-order valence-electron chi connectivity index (χ0n) is 19.8. The molecule has 0 unspecified atom stereocenters. The summed E-state index contributed by atoms with van der Waals surface area (Å²) in [5.74, 6) is 0.140. The molecular weight excluding hydrogens is 506 g/mol. The van der Waals surface area contributed by atoms with E-state index in [0.717, 1.165) is 6.42 Å². The minimum Gasteiger partial charge on any atom is -0.493 e. The summed E-state index contributed by atoms with van der Waals surface area (Å²) in [4.78, 5) is 20.5. The van der Waals surface area contributed by atoms with E-state index in [9.17, 15) is 13.2 Å². The molecule has 1 aromatic heterocycles. The Morgan fingerprint density at radius 3 is 2.42 bits per heavy atom. The highest BCUT2D eigenvalue weighted by molar-refractivity contribution is 7.92. The summed E-state index contributed by atoms with van der Waals surface area (Å²) >= 11 is 5.23. The molecule has 0 aliphatic rings. The lowest BCUT2D eigenvalue weighted by Gasteiger charge is -2.13. The smallest absolute Gasteiger partial charge is 0.321 e. The normalized spacial score (nSPS) is 10.8. The molecule has 3 rings (SSSR count). The summed E-state index contributed by atoms with van der Waals surface area (Å²) in [6, 6.07) is 13.9. The van der Waals surface area contributed by atoms with Crippen LogP contribution in [-0.2, 0) is 10.0 Å². The number of carbonyl (C=O) groups excluding carboxylic acids is 1. The molecule has 3 aromatic rings. The molecule has 0 bridgehead atoms. The third-order valence-electron chi connectivity index (χ3n) is 4.56. The molecule has 0 saturated carbocycles. The number of nitrogens with one attached hydrogen (secondary N) is 3. The molecule has 2 aromatic carbocycles. The fraction of sp³-hybridized carbons (Fsp3) is 0.217. The minimum atomic E-state index is -3.97. The fourth-order valence-electron chi connectivity index (χ4n) is 2.89. The summed E-state index contributed by atoms with van der Waals surface area (Å²) in [5.41, 5.74) is 0.820. The van der Waals surface area contributed by atoms with Crippen molar-refractivity contribution >= 4 is 44.8 Å². The van der Waals surface area contributed by atoms with Crippen molar-refractivity contribution in [2.75, 3.05) is 30.9 Å². The molecule has 0 radical (unpaired) electrons. The second kappa shape index (κ2) is 12.1. The number of nitrogens with zero attached hydrogens (tertiary/aromatic N) is 2. The van der Waals surface area contributed by atoms with Crippen LogP contribution >= 0.6 is 12.2 Å². The van der Waals surface area contributed by atoms with Crippen molar-refractivity contribution in [3.63, 3.8) is 0 Å². The van der Waals surface area contributed by atoms with Crippen molar-refractivity contribution < 1.29 is 27.4 Å². The number of methoxy groups -OCH3 is 2. The number of hydrogen-bond acceptors (Lipinski definition) is 9. The summed E-state index contributed by atoms with van der Waals surface area (Å²) in [6.45, 7) is 2.45. The second-order valence-electron chi connectivity index (χ2n) is 7.16. The first-order chi connectivity index (χ1) is 17.2. The van der Waals surface area contributed by atoms with E-state index >= 15 is 0 Å². The van der Waals surface area contributed by atoms with Crippen LogP contribution in [0.3, 0.4) is 0 Å². The Balaban J connectivity index is 1.65. The van der Waals surface area contributed by atoms with Crippen LogP contribution in [0, 0.1) is 0 Å². The molecule has 1 amide bonds. The Bertz CT molecular complexity index is 1310. The van der Waals surface area contributed by atoms with Crippen molar-refractivity contribution in [2.24, 2.45) is 0 Å². The van der Waals surface area contributed by atoms with Gasteiger partial charge in [-0.05, 0) is 55.0 Å². The quantitative estimate of drug-likeness (QED) is 0.334. The molecule has 0 spiro atoms. The molecule has 3 N–H and O–H groups in total. The summed E-state index contributed by atoms with van der Waals surface area (Å²) in [5, 5.41) is 5.49. The highest BCUT2D eigenvalue weighted by atomic mass is 32.2. The van der Waals surface area contributed by atoms with Crippen LogP contribution in [-0.4, -0.2) is 50.2 Å². The van der Waals surface area contributed by atoms with Gasteiger partial charge in [-0.1, -0.05) is 19.1 Å². The van der Waals surface area contributed by atoms with E-state index in [0.29, 0.717) is 23.6 Å². The van der Waals surface area contributed by atoms with Gasteiger partial charge in [0.05, 0.1) is 31.3 Å². The first kappa shape index (κ1) is 26.6. The number of para-hydroxylation sites is 1. The van der Waals surface area contributed by atoms with Gasteiger partial charge in [0.2, 0.25) is 5.88 Å². The van der Waals surface area contributed by atoms with E-state index < -0.39 is 15.9 Å². The molecule has 36 heavy (non-hydrogen) atoms. The summed E-state index contributed by atoms with van der Waals surface area (Å²) in [7, 11) is -1.23. The molecule has 0 aliphatic heterocycles. The van der Waals surface area contributed by atoms with Crippen LogP contribution in [0.25, 0.3) is 0 Å². The van der Waals surface area contributed by atoms with E-state index in [1.807, 2.05) is 6.92 Å². The largest absolute Gasteiger partial charge is 0.493 e. The zero-order chi connectivity index (χ0) is 26.1. The molecule has 0 saturated heterocycles. The van der Waals surface area contributed by atoms with Gasteiger partial charge in [-0.2, -0.15) is 9.97 Å². The maximum absolute atomic E-state index is 12.8. The Hall–Kier alpha value is -3.97. The number of thiocarbonyl (C=S) groups is 1. The van der Waals surface area contributed by atoms with Gasteiger partial charge in [-0.15, -0.1) is 0 Å². The Morgan fingerprint density at radius 2 is 1.75 bits per heavy atom. The van der Waals surface area contributed by atoms with Crippen LogP contribution in [0.15, 0.2) is 59.5 Å². The van der Waals surface area contributed by atoms with Crippen molar-refractivity contribution in [3.05, 3.63) is 60.2 Å². The van der Waals surface area contributed by atoms with E-state index in [1.165, 1.54) is 44.6 Å². The SMILES string of the molecule is CCCOc1ccccc1C(=O)NC(=S)Nc1ccc(S(=O)(=O)Nc2cc(OC)nc(OC)n2)cc1. The van der Waals surface area contributed by atoms with Crippen LogP contribution in [0.4, 0.5) is 11.5 Å². The number of aromatic nitrogens is 2. The average molecular weight is 532 g/mol. The highest BCUT2D eigenvalue weighted by Gasteiger charge is 2.18. The zero-order valence-corrected chi connectivity index (χ0v) is 21.4. The van der Waals surface area contributed by atoms with E-state index in [1.54, 1.807) is 24.3 Å². The summed E-state index contributed by atoms with van der Waals surface area (Å²) < 4.78 is 43.5. The number of ether oxygens (including phenoxy) is 3. The van der Waals surface area contributed by atoms with E-state index in [4.69, 9.17) is 26.4 Å². The van der Waals surface area contributed by atoms with E-state index in [2.05, 4.69) is 25.3 Å². The number of benzene rings is 2. The maximum Gasteiger partial charge on any atom is 0.321 e. The lowest BCUT2D eigenvalue weighted by molar-refractivity contribution is 0.0973. The topological polar surface area (TPSA) is 141 Å². The monoisotopic (exact) mass is 531 g/mol. The van der Waals surface area contributed by atoms with Gasteiger partial charge in [0.25, 0.3) is 15.9 Å². The Labute approximate surface area is 214 Å². The molecule has 13 heteroatoms. The number of anilines is 2. The van der Waals surface area contributed by atoms with Gasteiger partial charge in [-0.25, -0.2) is 8.42 Å². The first-order valence-corrected chi connectivity index (χ1v) is 12.6. The average Bonchev–Trinajstić information content (AvgIpc) is 2.87. The molecule has 1 heterocycles. The van der Waals surface area contributed by atoms with Gasteiger partial charge in [0, 0.05) is 11.8 Å². The molecule has 190 valence electrons. The molecule has 11 nitrogen and oxygen atoms in total. The third-order valence-corrected chi connectivity index (χ3v) is 6.13. The Morgan fingerprint density at radius 1 is 1.03 bits per heavy atom.